The summed E-state index contributed by atoms with van der Waals surface area (Å²) in [7, 11) is 1.59. The molecule has 0 fully saturated rings. The first kappa shape index (κ1) is 12.7. The van der Waals surface area contributed by atoms with Crippen LogP contribution in [0.4, 0.5) is 0 Å². The molecule has 0 atom stereocenters. The first-order chi connectivity index (χ1) is 8.75. The van der Waals surface area contributed by atoms with Crippen LogP contribution in [0.2, 0.25) is 0 Å². The lowest BCUT2D eigenvalue weighted by Gasteiger charge is -2.13. The molecule has 1 heterocycles. The van der Waals surface area contributed by atoms with Gasteiger partial charge in [0, 0.05) is 7.11 Å². The minimum absolute atomic E-state index is 0.244. The summed E-state index contributed by atoms with van der Waals surface area (Å²) < 4.78 is 10.1. The highest BCUT2D eigenvalue weighted by atomic mass is 16.5. The van der Waals surface area contributed by atoms with Gasteiger partial charge in [0.25, 0.3) is 11.8 Å². The Bertz CT molecular complexity index is 423. The van der Waals surface area contributed by atoms with E-state index < -0.39 is 0 Å². The normalized spacial score (nSPS) is 14.2. The summed E-state index contributed by atoms with van der Waals surface area (Å²) in [4.78, 5) is 25.1. The van der Waals surface area contributed by atoms with Crippen molar-refractivity contribution in [3.05, 3.63) is 35.4 Å². The number of benzene rings is 1. The third-order valence-electron chi connectivity index (χ3n) is 2.77. The molecule has 1 aromatic carbocycles. The van der Waals surface area contributed by atoms with Gasteiger partial charge < -0.3 is 9.47 Å². The van der Waals surface area contributed by atoms with Crippen LogP contribution in [0.15, 0.2) is 24.3 Å². The van der Waals surface area contributed by atoms with Crippen LogP contribution in [-0.2, 0) is 9.47 Å². The standard InChI is InChI=1S/C13H15NO4/c1-17-8-9-18-7-6-14-12(15)10-4-2-3-5-11(10)13(14)16/h2-5H,6-9H2,1H3. The number of hydrogen-bond donors (Lipinski definition) is 0. The molecule has 0 saturated carbocycles. The van der Waals surface area contributed by atoms with E-state index in [1.807, 2.05) is 0 Å². The van der Waals surface area contributed by atoms with Crippen LogP contribution >= 0.6 is 0 Å². The number of methoxy groups -OCH3 is 1. The lowest BCUT2D eigenvalue weighted by Crippen LogP contribution is -2.33. The van der Waals surface area contributed by atoms with Gasteiger partial charge in [0.15, 0.2) is 0 Å². The van der Waals surface area contributed by atoms with Crippen LogP contribution in [0, 0.1) is 0 Å². The lowest BCUT2D eigenvalue weighted by atomic mass is 10.1. The molecule has 1 aliphatic heterocycles. The van der Waals surface area contributed by atoms with E-state index in [2.05, 4.69) is 0 Å². The first-order valence-corrected chi connectivity index (χ1v) is 5.77. The third-order valence-corrected chi connectivity index (χ3v) is 2.77. The second-order valence-corrected chi connectivity index (χ2v) is 3.91. The number of amides is 2. The smallest absolute Gasteiger partial charge is 0.261 e. The zero-order chi connectivity index (χ0) is 13.0. The van der Waals surface area contributed by atoms with Gasteiger partial charge in [0.05, 0.1) is 37.5 Å². The SMILES string of the molecule is COCCOCCN1C(=O)c2ccccc2C1=O. The molecule has 0 spiro atoms. The molecule has 96 valence electrons. The summed E-state index contributed by atoms with van der Waals surface area (Å²) in [6.07, 6.45) is 0. The van der Waals surface area contributed by atoms with Gasteiger partial charge in [-0.2, -0.15) is 0 Å². The fraction of sp³-hybridized carbons (Fsp3) is 0.385. The first-order valence-electron chi connectivity index (χ1n) is 5.77. The van der Waals surface area contributed by atoms with Crippen LogP contribution in [0.5, 0.6) is 0 Å². The quantitative estimate of drug-likeness (QED) is 0.556. The van der Waals surface area contributed by atoms with Gasteiger partial charge in [0.2, 0.25) is 0 Å². The number of rotatable bonds is 6. The third kappa shape index (κ3) is 2.42. The van der Waals surface area contributed by atoms with Crippen LogP contribution in [-0.4, -0.2) is 50.2 Å². The molecule has 5 heteroatoms. The zero-order valence-corrected chi connectivity index (χ0v) is 10.2. The maximum atomic E-state index is 12.0. The maximum Gasteiger partial charge on any atom is 0.261 e. The van der Waals surface area contributed by atoms with Gasteiger partial charge >= 0.3 is 0 Å². The number of carbonyl (C=O) groups excluding carboxylic acids is 2. The molecule has 2 amide bonds. The molecule has 0 bridgehead atoms. The zero-order valence-electron chi connectivity index (χ0n) is 10.2. The molecule has 0 saturated heterocycles. The topological polar surface area (TPSA) is 55.8 Å². The molecule has 1 aliphatic rings. The average Bonchev–Trinajstić information content (AvgIpc) is 2.64. The van der Waals surface area contributed by atoms with Crippen molar-refractivity contribution in [2.24, 2.45) is 0 Å². The highest BCUT2D eigenvalue weighted by molar-refractivity contribution is 6.21. The number of ether oxygens (including phenoxy) is 2. The Morgan fingerprint density at radius 1 is 1.00 bits per heavy atom. The van der Waals surface area contributed by atoms with E-state index in [1.165, 1.54) is 4.90 Å². The summed E-state index contributed by atoms with van der Waals surface area (Å²) in [5, 5.41) is 0. The molecule has 1 aromatic rings. The Morgan fingerprint density at radius 2 is 1.61 bits per heavy atom. The van der Waals surface area contributed by atoms with Gasteiger partial charge in [-0.15, -0.1) is 0 Å². The van der Waals surface area contributed by atoms with Crippen molar-refractivity contribution in [3.8, 4) is 0 Å². The second-order valence-electron chi connectivity index (χ2n) is 3.91. The molecule has 18 heavy (non-hydrogen) atoms. The maximum absolute atomic E-state index is 12.0. The molecule has 0 radical (unpaired) electrons. The molecule has 0 aromatic heterocycles. The summed E-state index contributed by atoms with van der Waals surface area (Å²) in [5.41, 5.74) is 0.943. The Kier molecular flexibility index (Phi) is 4.07. The molecule has 0 aliphatic carbocycles. The lowest BCUT2D eigenvalue weighted by molar-refractivity contribution is 0.0459. The van der Waals surface area contributed by atoms with E-state index in [-0.39, 0.29) is 18.4 Å². The predicted octanol–water partition coefficient (Wildman–Crippen LogP) is 0.946. The summed E-state index contributed by atoms with van der Waals surface area (Å²) in [5.74, 6) is -0.489. The van der Waals surface area contributed by atoms with Crippen molar-refractivity contribution in [1.82, 2.24) is 4.90 Å². The fourth-order valence-electron chi connectivity index (χ4n) is 1.84. The molecule has 2 rings (SSSR count). The highest BCUT2D eigenvalue weighted by Crippen LogP contribution is 2.21. The molecule has 0 unspecified atom stereocenters. The number of imide groups is 1. The van der Waals surface area contributed by atoms with Crippen molar-refractivity contribution < 1.29 is 19.1 Å². The summed E-state index contributed by atoms with van der Waals surface area (Å²) >= 11 is 0. The van der Waals surface area contributed by atoms with Crippen LogP contribution in [0.25, 0.3) is 0 Å². The van der Waals surface area contributed by atoms with E-state index in [1.54, 1.807) is 31.4 Å². The van der Waals surface area contributed by atoms with Crippen molar-refractivity contribution in [2.75, 3.05) is 33.5 Å². The van der Waals surface area contributed by atoms with E-state index in [9.17, 15) is 9.59 Å². The van der Waals surface area contributed by atoms with Crippen molar-refractivity contribution in [1.29, 1.82) is 0 Å². The second kappa shape index (κ2) is 5.75. The van der Waals surface area contributed by atoms with Gasteiger partial charge in [-0.1, -0.05) is 12.1 Å². The Balaban J connectivity index is 1.93. The monoisotopic (exact) mass is 249 g/mol. The van der Waals surface area contributed by atoms with Gasteiger partial charge in [-0.3, -0.25) is 14.5 Å². The Labute approximate surface area is 105 Å². The van der Waals surface area contributed by atoms with Crippen LogP contribution < -0.4 is 0 Å². The average molecular weight is 249 g/mol. The number of nitrogens with zero attached hydrogens (tertiary/aromatic N) is 1. The Morgan fingerprint density at radius 3 is 2.17 bits per heavy atom. The largest absolute Gasteiger partial charge is 0.382 e. The number of fused-ring (bicyclic) bond motifs is 1. The molecule has 5 nitrogen and oxygen atoms in total. The highest BCUT2D eigenvalue weighted by Gasteiger charge is 2.34. The van der Waals surface area contributed by atoms with Crippen LogP contribution in [0.3, 0.4) is 0 Å². The summed E-state index contributed by atoms with van der Waals surface area (Å²) in [6.45, 7) is 1.56. The van der Waals surface area contributed by atoms with Gasteiger partial charge in [-0.25, -0.2) is 0 Å². The predicted molar refractivity (Wildman–Crippen MR) is 64.5 cm³/mol. The van der Waals surface area contributed by atoms with Crippen LogP contribution in [0.1, 0.15) is 20.7 Å². The molecule has 0 N–H and O–H groups in total. The van der Waals surface area contributed by atoms with E-state index in [4.69, 9.17) is 9.47 Å². The minimum atomic E-state index is -0.244. The summed E-state index contributed by atoms with van der Waals surface area (Å²) in [6, 6.07) is 6.84. The van der Waals surface area contributed by atoms with Gasteiger partial charge in [-0.05, 0) is 12.1 Å². The fourth-order valence-corrected chi connectivity index (χ4v) is 1.84. The minimum Gasteiger partial charge on any atom is -0.382 e. The number of hydrogen-bond acceptors (Lipinski definition) is 4. The van der Waals surface area contributed by atoms with Gasteiger partial charge in [0.1, 0.15) is 0 Å². The van der Waals surface area contributed by atoms with E-state index in [0.29, 0.717) is 30.9 Å². The van der Waals surface area contributed by atoms with E-state index >= 15 is 0 Å². The van der Waals surface area contributed by atoms with Crippen molar-refractivity contribution in [3.63, 3.8) is 0 Å². The van der Waals surface area contributed by atoms with E-state index in [0.717, 1.165) is 0 Å². The van der Waals surface area contributed by atoms with Crippen molar-refractivity contribution in [2.45, 2.75) is 0 Å². The molecular weight excluding hydrogens is 234 g/mol. The number of carbonyl (C=O) groups is 2. The Hall–Kier alpha value is -1.72. The van der Waals surface area contributed by atoms with Crippen molar-refractivity contribution >= 4 is 11.8 Å². The molecular formula is C13H15NO4.